The van der Waals surface area contributed by atoms with Gasteiger partial charge in [0, 0.05) is 28.9 Å². The summed E-state index contributed by atoms with van der Waals surface area (Å²) < 4.78 is 46.1. The molecule has 3 nitrogen and oxygen atoms in total. The van der Waals surface area contributed by atoms with Gasteiger partial charge in [0.25, 0.3) is 0 Å². The van der Waals surface area contributed by atoms with E-state index in [0.717, 1.165) is 40.7 Å². The lowest BCUT2D eigenvalue weighted by Gasteiger charge is -2.17. The zero-order valence-corrected chi connectivity index (χ0v) is 15.4. The number of anilines is 1. The minimum atomic E-state index is -4.33. The first-order valence-corrected chi connectivity index (χ1v) is 9.09. The molecule has 1 fully saturated rings. The molecule has 144 valence electrons. The lowest BCUT2D eigenvalue weighted by Crippen LogP contribution is -2.10. The van der Waals surface area contributed by atoms with Gasteiger partial charge in [0.2, 0.25) is 0 Å². The fourth-order valence-corrected chi connectivity index (χ4v) is 3.43. The number of hydrogen-bond acceptors (Lipinski definition) is 2. The average molecular weight is 376 g/mol. The van der Waals surface area contributed by atoms with Crippen molar-refractivity contribution in [1.29, 1.82) is 0 Å². The zero-order chi connectivity index (χ0) is 19.6. The number of nitrogens with zero attached hydrogens (tertiary/aromatic N) is 1. The van der Waals surface area contributed by atoms with Crippen molar-refractivity contribution in [2.45, 2.75) is 32.5 Å². The summed E-state index contributed by atoms with van der Waals surface area (Å²) in [4.78, 5) is 0. The predicted octanol–water partition coefficient (Wildman–Crippen LogP) is 5.90. The quantitative estimate of drug-likeness (QED) is 0.566. The van der Waals surface area contributed by atoms with E-state index in [1.54, 1.807) is 0 Å². The van der Waals surface area contributed by atoms with Gasteiger partial charge in [-0.05, 0) is 48.4 Å². The highest BCUT2D eigenvalue weighted by Gasteiger charge is 2.30. The smallest absolute Gasteiger partial charge is 0.399 e. The molecule has 4 rings (SSSR count). The summed E-state index contributed by atoms with van der Waals surface area (Å²) in [5, 5.41) is 0.974. The summed E-state index contributed by atoms with van der Waals surface area (Å²) >= 11 is 0. The zero-order valence-electron chi connectivity index (χ0n) is 15.4. The standard InChI is InChI=1S/C19H17F3N2O.C2H6/c20-19(21,22)14-3-1-12(2-4-14)18-10-13-9-15(23)5-6-17(13)24(18)16-7-8-25-11-16;1-2/h1-6,9-10,16H,7-8,11,23H2;1-2H3. The number of alkyl halides is 3. The summed E-state index contributed by atoms with van der Waals surface area (Å²) in [5.74, 6) is 0. The van der Waals surface area contributed by atoms with Gasteiger partial charge in [-0.1, -0.05) is 26.0 Å². The van der Waals surface area contributed by atoms with E-state index in [-0.39, 0.29) is 6.04 Å². The van der Waals surface area contributed by atoms with Crippen molar-refractivity contribution < 1.29 is 17.9 Å². The van der Waals surface area contributed by atoms with Crippen LogP contribution >= 0.6 is 0 Å². The Kier molecular flexibility index (Phi) is 5.46. The Morgan fingerprint density at radius 3 is 2.33 bits per heavy atom. The largest absolute Gasteiger partial charge is 0.416 e. The van der Waals surface area contributed by atoms with Crippen LogP contribution in [-0.2, 0) is 10.9 Å². The number of halogens is 3. The molecule has 3 aromatic rings. The first-order valence-electron chi connectivity index (χ1n) is 9.09. The molecule has 1 unspecified atom stereocenters. The summed E-state index contributed by atoms with van der Waals surface area (Å²) in [6.45, 7) is 5.29. The molecule has 0 amide bonds. The van der Waals surface area contributed by atoms with Crippen molar-refractivity contribution in [2.75, 3.05) is 18.9 Å². The molecule has 0 saturated carbocycles. The minimum absolute atomic E-state index is 0.165. The molecule has 0 spiro atoms. The Labute approximate surface area is 156 Å². The third-order valence-electron chi connectivity index (χ3n) is 4.64. The van der Waals surface area contributed by atoms with Crippen LogP contribution in [0.5, 0.6) is 0 Å². The molecule has 2 heterocycles. The highest BCUT2D eigenvalue weighted by Crippen LogP contribution is 2.36. The van der Waals surface area contributed by atoms with Gasteiger partial charge in [-0.25, -0.2) is 0 Å². The Morgan fingerprint density at radius 1 is 1.04 bits per heavy atom. The number of benzene rings is 2. The molecule has 1 saturated heterocycles. The molecular weight excluding hydrogens is 353 g/mol. The van der Waals surface area contributed by atoms with E-state index in [1.807, 2.05) is 38.1 Å². The van der Waals surface area contributed by atoms with Gasteiger partial charge in [0.1, 0.15) is 0 Å². The van der Waals surface area contributed by atoms with Crippen LogP contribution in [0, 0.1) is 0 Å². The van der Waals surface area contributed by atoms with Crippen LogP contribution in [0.15, 0.2) is 48.5 Å². The number of rotatable bonds is 2. The van der Waals surface area contributed by atoms with Crippen LogP contribution in [0.2, 0.25) is 0 Å². The SMILES string of the molecule is CC.Nc1ccc2c(c1)cc(-c1ccc(C(F)(F)F)cc1)n2C1CCOC1. The number of fused-ring (bicyclic) bond motifs is 1. The second-order valence-corrected chi connectivity index (χ2v) is 6.31. The number of nitrogens with two attached hydrogens (primary N) is 1. The molecule has 0 radical (unpaired) electrons. The van der Waals surface area contributed by atoms with E-state index in [9.17, 15) is 13.2 Å². The van der Waals surface area contributed by atoms with E-state index in [0.29, 0.717) is 18.9 Å². The molecular formula is C21H23F3N2O. The number of nitrogen functional groups attached to an aromatic ring is 1. The van der Waals surface area contributed by atoms with Gasteiger partial charge in [-0.3, -0.25) is 0 Å². The third kappa shape index (κ3) is 3.81. The molecule has 1 atom stereocenters. The lowest BCUT2D eigenvalue weighted by molar-refractivity contribution is -0.137. The fourth-order valence-electron chi connectivity index (χ4n) is 3.43. The van der Waals surface area contributed by atoms with E-state index in [1.165, 1.54) is 12.1 Å². The van der Waals surface area contributed by atoms with E-state index in [4.69, 9.17) is 10.5 Å². The van der Waals surface area contributed by atoms with Gasteiger partial charge in [-0.15, -0.1) is 0 Å². The van der Waals surface area contributed by atoms with Crippen LogP contribution in [-0.4, -0.2) is 17.8 Å². The van der Waals surface area contributed by atoms with Crippen LogP contribution in [0.25, 0.3) is 22.2 Å². The van der Waals surface area contributed by atoms with Crippen molar-refractivity contribution in [3.8, 4) is 11.3 Å². The van der Waals surface area contributed by atoms with Gasteiger partial charge in [-0.2, -0.15) is 13.2 Å². The first kappa shape index (κ1) is 19.3. The maximum absolute atomic E-state index is 12.8. The molecule has 2 N–H and O–H groups in total. The monoisotopic (exact) mass is 376 g/mol. The van der Waals surface area contributed by atoms with Crippen LogP contribution in [0.3, 0.4) is 0 Å². The van der Waals surface area contributed by atoms with Crippen LogP contribution in [0.4, 0.5) is 18.9 Å². The highest BCUT2D eigenvalue weighted by molar-refractivity contribution is 5.89. The molecule has 1 aliphatic heterocycles. The van der Waals surface area contributed by atoms with Gasteiger partial charge in [0.15, 0.2) is 0 Å². The summed E-state index contributed by atoms with van der Waals surface area (Å²) in [6, 6.07) is 13.1. The van der Waals surface area contributed by atoms with Crippen LogP contribution < -0.4 is 5.73 Å². The Morgan fingerprint density at radius 2 is 1.74 bits per heavy atom. The number of ether oxygens (including phenoxy) is 1. The Hall–Kier alpha value is -2.47. The van der Waals surface area contributed by atoms with Crippen LogP contribution in [0.1, 0.15) is 31.9 Å². The van der Waals surface area contributed by atoms with Gasteiger partial charge >= 0.3 is 6.18 Å². The van der Waals surface area contributed by atoms with Crippen molar-refractivity contribution in [3.63, 3.8) is 0 Å². The lowest BCUT2D eigenvalue weighted by atomic mass is 10.1. The normalized spacial score (nSPS) is 17.0. The molecule has 1 aliphatic rings. The first-order chi connectivity index (χ1) is 12.9. The van der Waals surface area contributed by atoms with Crippen molar-refractivity contribution >= 4 is 16.6 Å². The molecule has 0 aliphatic carbocycles. The predicted molar refractivity (Wildman–Crippen MR) is 103 cm³/mol. The topological polar surface area (TPSA) is 40.2 Å². The van der Waals surface area contributed by atoms with Crippen molar-refractivity contribution in [1.82, 2.24) is 4.57 Å². The molecule has 27 heavy (non-hydrogen) atoms. The van der Waals surface area contributed by atoms with E-state index < -0.39 is 11.7 Å². The highest BCUT2D eigenvalue weighted by atomic mass is 19.4. The second kappa shape index (κ2) is 7.64. The number of aromatic nitrogens is 1. The Balaban J connectivity index is 0.00000102. The third-order valence-corrected chi connectivity index (χ3v) is 4.64. The maximum Gasteiger partial charge on any atom is 0.416 e. The molecule has 2 aromatic carbocycles. The van der Waals surface area contributed by atoms with Crippen molar-refractivity contribution in [3.05, 3.63) is 54.1 Å². The maximum atomic E-state index is 12.8. The number of hydrogen-bond donors (Lipinski definition) is 1. The average Bonchev–Trinajstić information content (AvgIpc) is 3.29. The summed E-state index contributed by atoms with van der Waals surface area (Å²) in [5.41, 5.74) is 8.53. The Bertz CT molecular complexity index is 908. The molecule has 6 heteroatoms. The summed E-state index contributed by atoms with van der Waals surface area (Å²) in [7, 11) is 0. The van der Waals surface area contributed by atoms with E-state index in [2.05, 4.69) is 4.57 Å². The van der Waals surface area contributed by atoms with E-state index >= 15 is 0 Å². The molecule has 1 aromatic heterocycles. The van der Waals surface area contributed by atoms with Gasteiger partial charge < -0.3 is 15.0 Å². The van der Waals surface area contributed by atoms with Crippen molar-refractivity contribution in [2.24, 2.45) is 0 Å². The molecule has 0 bridgehead atoms. The second-order valence-electron chi connectivity index (χ2n) is 6.31. The summed E-state index contributed by atoms with van der Waals surface area (Å²) in [6.07, 6.45) is -3.46. The fraction of sp³-hybridized carbons (Fsp3) is 0.333. The van der Waals surface area contributed by atoms with Gasteiger partial charge in [0.05, 0.1) is 18.2 Å². The minimum Gasteiger partial charge on any atom is -0.399 e.